The molecule has 0 radical (unpaired) electrons. The molecule has 0 unspecified atom stereocenters. The lowest BCUT2D eigenvalue weighted by molar-refractivity contribution is -0.139. The van der Waals surface area contributed by atoms with Gasteiger partial charge in [0.25, 0.3) is 10.0 Å². The number of methoxy groups -OCH3 is 2. The number of rotatable bonds is 12. The van der Waals surface area contributed by atoms with Crippen molar-refractivity contribution in [2.24, 2.45) is 0 Å². The van der Waals surface area contributed by atoms with Gasteiger partial charge in [0, 0.05) is 18.7 Å². The van der Waals surface area contributed by atoms with E-state index in [1.165, 1.54) is 37.3 Å². The van der Waals surface area contributed by atoms with Crippen LogP contribution in [-0.4, -0.2) is 58.0 Å². The minimum absolute atomic E-state index is 0.0331. The van der Waals surface area contributed by atoms with E-state index in [9.17, 15) is 18.0 Å². The number of ether oxygens (including phenoxy) is 2. The maximum atomic E-state index is 14.2. The summed E-state index contributed by atoms with van der Waals surface area (Å²) in [5.41, 5.74) is 2.13. The Morgan fingerprint density at radius 2 is 1.56 bits per heavy atom. The Kier molecular flexibility index (Phi) is 10.7. The summed E-state index contributed by atoms with van der Waals surface area (Å²) in [7, 11) is -1.24. The molecule has 230 valence electrons. The average molecular weight is 608 g/mol. The van der Waals surface area contributed by atoms with Crippen molar-refractivity contribution >= 4 is 27.5 Å². The normalized spacial score (nSPS) is 14.4. The number of carbonyl (C=O) groups excluding carboxylic acids is 2. The van der Waals surface area contributed by atoms with E-state index < -0.39 is 28.5 Å². The Hall–Kier alpha value is -4.05. The van der Waals surface area contributed by atoms with Gasteiger partial charge in [-0.05, 0) is 56.5 Å². The molecule has 4 rings (SSSR count). The number of nitrogens with one attached hydrogen (secondary N) is 1. The predicted molar refractivity (Wildman–Crippen MR) is 167 cm³/mol. The molecule has 0 aromatic heterocycles. The molecule has 0 bridgehead atoms. The Morgan fingerprint density at radius 1 is 0.907 bits per heavy atom. The first-order valence-electron chi connectivity index (χ1n) is 14.6. The van der Waals surface area contributed by atoms with Gasteiger partial charge in [0.15, 0.2) is 11.5 Å². The first-order chi connectivity index (χ1) is 20.6. The number of hydrogen-bond donors (Lipinski definition) is 1. The molecule has 1 saturated carbocycles. The van der Waals surface area contributed by atoms with E-state index in [1.54, 1.807) is 37.3 Å². The van der Waals surface area contributed by atoms with Gasteiger partial charge in [-0.3, -0.25) is 13.9 Å². The molecule has 1 aliphatic rings. The standard InChI is InChI=1S/C33H41N3O6S/c1-24-15-17-26(18-16-24)22-35(25(2)33(38)34-27-11-7-5-8-12-27)32(37)23-36(43(39,40)29-13-9-6-10-14-29)28-19-20-30(41-3)31(21-28)42-4/h6,9-10,13-21,25,27H,5,7-8,11-12,22-23H2,1-4H3,(H,34,38)/t25-/m0/s1. The van der Waals surface area contributed by atoms with Crippen molar-refractivity contribution in [2.45, 2.75) is 69.5 Å². The lowest BCUT2D eigenvalue weighted by Gasteiger charge is -2.33. The maximum Gasteiger partial charge on any atom is 0.264 e. The third-order valence-corrected chi connectivity index (χ3v) is 9.65. The second-order valence-corrected chi connectivity index (χ2v) is 12.8. The van der Waals surface area contributed by atoms with Crippen LogP contribution in [0.2, 0.25) is 0 Å². The van der Waals surface area contributed by atoms with Crippen molar-refractivity contribution in [2.75, 3.05) is 25.1 Å². The number of aryl methyl sites for hydroxylation is 1. The van der Waals surface area contributed by atoms with E-state index in [0.717, 1.165) is 47.5 Å². The average Bonchev–Trinajstić information content (AvgIpc) is 3.03. The number of benzene rings is 3. The van der Waals surface area contributed by atoms with Crippen molar-refractivity contribution in [1.82, 2.24) is 10.2 Å². The summed E-state index contributed by atoms with van der Waals surface area (Å²) < 4.78 is 39.9. The Balaban J connectivity index is 1.70. The molecule has 0 aliphatic heterocycles. The summed E-state index contributed by atoms with van der Waals surface area (Å²) in [5.74, 6) is -0.0294. The van der Waals surface area contributed by atoms with Crippen molar-refractivity contribution in [1.29, 1.82) is 0 Å². The van der Waals surface area contributed by atoms with Gasteiger partial charge < -0.3 is 19.7 Å². The number of nitrogens with zero attached hydrogens (tertiary/aromatic N) is 2. The summed E-state index contributed by atoms with van der Waals surface area (Å²) in [6.07, 6.45) is 5.09. The molecule has 2 amide bonds. The monoisotopic (exact) mass is 607 g/mol. The molecule has 0 spiro atoms. The topological polar surface area (TPSA) is 105 Å². The van der Waals surface area contributed by atoms with Crippen molar-refractivity contribution < 1.29 is 27.5 Å². The number of anilines is 1. The fourth-order valence-corrected chi connectivity index (χ4v) is 6.70. The van der Waals surface area contributed by atoms with Crippen LogP contribution in [0.5, 0.6) is 11.5 Å². The zero-order valence-electron chi connectivity index (χ0n) is 25.3. The second kappa shape index (κ2) is 14.4. The number of hydrogen-bond acceptors (Lipinski definition) is 6. The van der Waals surface area contributed by atoms with Gasteiger partial charge in [-0.1, -0.05) is 67.3 Å². The highest BCUT2D eigenvalue weighted by Gasteiger charge is 2.33. The fraction of sp³-hybridized carbons (Fsp3) is 0.394. The van der Waals surface area contributed by atoms with Gasteiger partial charge in [0.05, 0.1) is 24.8 Å². The molecular formula is C33H41N3O6S. The SMILES string of the molecule is COc1ccc(N(CC(=O)N(Cc2ccc(C)cc2)[C@@H](C)C(=O)NC2CCCCC2)S(=O)(=O)c2ccccc2)cc1OC. The minimum Gasteiger partial charge on any atom is -0.493 e. The molecule has 3 aromatic carbocycles. The van der Waals surface area contributed by atoms with Crippen LogP contribution >= 0.6 is 0 Å². The quantitative estimate of drug-likeness (QED) is 0.308. The van der Waals surface area contributed by atoms with Crippen LogP contribution in [0, 0.1) is 6.92 Å². The van der Waals surface area contributed by atoms with Gasteiger partial charge in [-0.25, -0.2) is 8.42 Å². The second-order valence-electron chi connectivity index (χ2n) is 10.9. The third-order valence-electron chi connectivity index (χ3n) is 7.86. The van der Waals surface area contributed by atoms with Crippen molar-refractivity contribution in [3.05, 3.63) is 83.9 Å². The van der Waals surface area contributed by atoms with E-state index in [1.807, 2.05) is 31.2 Å². The number of carbonyl (C=O) groups is 2. The van der Waals surface area contributed by atoms with Crippen molar-refractivity contribution in [3.63, 3.8) is 0 Å². The lowest BCUT2D eigenvalue weighted by atomic mass is 9.95. The Bertz CT molecular complexity index is 1490. The minimum atomic E-state index is -4.19. The molecule has 1 fully saturated rings. The van der Waals surface area contributed by atoms with Gasteiger partial charge in [-0.2, -0.15) is 0 Å². The number of sulfonamides is 1. The van der Waals surface area contributed by atoms with Crippen LogP contribution < -0.4 is 19.1 Å². The zero-order valence-corrected chi connectivity index (χ0v) is 26.1. The van der Waals surface area contributed by atoms with Crippen LogP contribution in [0.25, 0.3) is 0 Å². The molecule has 1 N–H and O–H groups in total. The first kappa shape index (κ1) is 31.9. The molecule has 9 nitrogen and oxygen atoms in total. The van der Waals surface area contributed by atoms with Crippen LogP contribution in [0.1, 0.15) is 50.2 Å². The smallest absolute Gasteiger partial charge is 0.264 e. The molecular weight excluding hydrogens is 566 g/mol. The summed E-state index contributed by atoms with van der Waals surface area (Å²) in [5, 5.41) is 3.12. The molecule has 3 aromatic rings. The Morgan fingerprint density at radius 3 is 2.19 bits per heavy atom. The fourth-order valence-electron chi connectivity index (χ4n) is 5.27. The van der Waals surface area contributed by atoms with Gasteiger partial charge >= 0.3 is 0 Å². The van der Waals surface area contributed by atoms with Gasteiger partial charge in [0.2, 0.25) is 11.8 Å². The van der Waals surface area contributed by atoms with Crippen LogP contribution in [0.15, 0.2) is 77.7 Å². The highest BCUT2D eigenvalue weighted by Crippen LogP contribution is 2.34. The van der Waals surface area contributed by atoms with E-state index in [4.69, 9.17) is 9.47 Å². The van der Waals surface area contributed by atoms with E-state index in [0.29, 0.717) is 11.5 Å². The molecule has 1 atom stereocenters. The van der Waals surface area contributed by atoms with Gasteiger partial charge in [0.1, 0.15) is 12.6 Å². The summed E-state index contributed by atoms with van der Waals surface area (Å²) in [6.45, 7) is 3.28. The number of amides is 2. The lowest BCUT2D eigenvalue weighted by Crippen LogP contribution is -2.53. The van der Waals surface area contributed by atoms with E-state index in [-0.39, 0.29) is 29.1 Å². The Labute approximate surface area is 254 Å². The van der Waals surface area contributed by atoms with Crippen LogP contribution in [-0.2, 0) is 26.2 Å². The third kappa shape index (κ3) is 7.87. The zero-order chi connectivity index (χ0) is 31.0. The van der Waals surface area contributed by atoms with Gasteiger partial charge in [-0.15, -0.1) is 0 Å². The summed E-state index contributed by atoms with van der Waals surface area (Å²) >= 11 is 0. The highest BCUT2D eigenvalue weighted by molar-refractivity contribution is 7.92. The summed E-state index contributed by atoms with van der Waals surface area (Å²) in [4.78, 5) is 29.1. The highest BCUT2D eigenvalue weighted by atomic mass is 32.2. The van der Waals surface area contributed by atoms with Crippen LogP contribution in [0.4, 0.5) is 5.69 Å². The first-order valence-corrected chi connectivity index (χ1v) is 16.0. The predicted octanol–water partition coefficient (Wildman–Crippen LogP) is 5.07. The van der Waals surface area contributed by atoms with Crippen molar-refractivity contribution in [3.8, 4) is 11.5 Å². The molecule has 10 heteroatoms. The van der Waals surface area contributed by atoms with Crippen LogP contribution in [0.3, 0.4) is 0 Å². The van der Waals surface area contributed by atoms with E-state index >= 15 is 0 Å². The molecule has 43 heavy (non-hydrogen) atoms. The molecule has 1 aliphatic carbocycles. The molecule has 0 saturated heterocycles. The largest absolute Gasteiger partial charge is 0.493 e. The molecule has 0 heterocycles. The van der Waals surface area contributed by atoms with E-state index in [2.05, 4.69) is 5.32 Å². The summed E-state index contributed by atoms with van der Waals surface area (Å²) in [6, 6.07) is 19.6. The maximum absolute atomic E-state index is 14.2.